The maximum absolute atomic E-state index is 11.0. The molecule has 0 aliphatic rings. The lowest BCUT2D eigenvalue weighted by molar-refractivity contribution is -0.143. The zero-order chi connectivity index (χ0) is 17.2. The van der Waals surface area contributed by atoms with Crippen LogP contribution in [-0.4, -0.2) is 31.1 Å². The van der Waals surface area contributed by atoms with Crippen LogP contribution in [0.3, 0.4) is 0 Å². The third kappa shape index (κ3) is 9.35. The van der Waals surface area contributed by atoms with E-state index in [4.69, 9.17) is 17.7 Å². The predicted octanol–water partition coefficient (Wildman–Crippen LogP) is 2.97. The Morgan fingerprint density at radius 3 is 2.14 bits per heavy atom. The fraction of sp³-hybridized carbons (Fsp3) is 0.462. The molecule has 0 spiro atoms. The van der Waals surface area contributed by atoms with E-state index in [2.05, 4.69) is 12.1 Å². The zero-order valence-electron chi connectivity index (χ0n) is 11.8. The van der Waals surface area contributed by atoms with Crippen LogP contribution in [-0.2, 0) is 26.1 Å². The Labute approximate surface area is 126 Å². The molecule has 1 N–H and O–H groups in total. The number of benzene rings is 1. The minimum absolute atomic E-state index is 0.0940. The highest BCUT2D eigenvalue weighted by Gasteiger charge is 2.44. The maximum atomic E-state index is 11.0. The molecule has 22 heavy (non-hydrogen) atoms. The Bertz CT molecular complexity index is 541. The molecule has 9 heteroatoms. The molecule has 0 aliphatic carbocycles. The van der Waals surface area contributed by atoms with Crippen LogP contribution in [0, 0.1) is 0 Å². The van der Waals surface area contributed by atoms with E-state index < -0.39 is 15.6 Å². The van der Waals surface area contributed by atoms with Gasteiger partial charge in [-0.15, -0.1) is 0 Å². The van der Waals surface area contributed by atoms with Crippen molar-refractivity contribution >= 4 is 16.1 Å². The van der Waals surface area contributed by atoms with E-state index in [9.17, 15) is 18.0 Å². The van der Waals surface area contributed by atoms with Gasteiger partial charge in [-0.05, 0) is 25.3 Å². The van der Waals surface area contributed by atoms with Crippen LogP contribution in [0.2, 0.25) is 0 Å². The van der Waals surface area contributed by atoms with Gasteiger partial charge in [0.15, 0.2) is 0 Å². The molecular weight excluding hydrogens is 325 g/mol. The highest BCUT2D eigenvalue weighted by atomic mass is 32.2. The number of aryl methyl sites for hydroxylation is 1. The number of hydrogen-bond donors (Lipinski definition) is 1. The first-order valence-electron chi connectivity index (χ1n) is 6.31. The highest BCUT2D eigenvalue weighted by molar-refractivity contribution is 7.86. The smallest absolute Gasteiger partial charge is 0.466 e. The number of hydrogen-bond acceptors (Lipinski definition) is 4. The molecule has 126 valence electrons. The van der Waals surface area contributed by atoms with Crippen LogP contribution in [0.1, 0.15) is 25.3 Å². The lowest BCUT2D eigenvalue weighted by Crippen LogP contribution is -2.21. The number of carbonyl (C=O) groups excluding carboxylic acids is 1. The van der Waals surface area contributed by atoms with Gasteiger partial charge in [-0.3, -0.25) is 9.35 Å². The lowest BCUT2D eigenvalue weighted by Gasteiger charge is -2.01. The van der Waals surface area contributed by atoms with Crippen molar-refractivity contribution in [3.8, 4) is 0 Å². The van der Waals surface area contributed by atoms with Gasteiger partial charge in [0.1, 0.15) is 0 Å². The Balaban J connectivity index is 0.000000472. The van der Waals surface area contributed by atoms with Crippen LogP contribution in [0.15, 0.2) is 30.3 Å². The summed E-state index contributed by atoms with van der Waals surface area (Å²) in [6.07, 6.45) is 2.32. The molecule has 0 saturated heterocycles. The van der Waals surface area contributed by atoms with E-state index in [1.54, 1.807) is 0 Å². The SMILES string of the molecule is CCOC(=O)CCCc1ccccc1.O=S(=O)(O)C(F)(F)F. The third-order valence-corrected chi connectivity index (χ3v) is 2.87. The van der Waals surface area contributed by atoms with Gasteiger partial charge in [-0.2, -0.15) is 21.6 Å². The van der Waals surface area contributed by atoms with Crippen molar-refractivity contribution < 1.29 is 35.7 Å². The molecule has 0 saturated carbocycles. The maximum Gasteiger partial charge on any atom is 0.522 e. The fourth-order valence-electron chi connectivity index (χ4n) is 1.31. The van der Waals surface area contributed by atoms with Crippen LogP contribution in [0.5, 0.6) is 0 Å². The van der Waals surface area contributed by atoms with Crippen LogP contribution in [0.4, 0.5) is 13.2 Å². The van der Waals surface area contributed by atoms with Gasteiger partial charge in [0.2, 0.25) is 0 Å². The molecule has 0 unspecified atom stereocenters. The van der Waals surface area contributed by atoms with Crippen molar-refractivity contribution in [2.24, 2.45) is 0 Å². The summed E-state index contributed by atoms with van der Waals surface area (Å²) in [7, 11) is -5.84. The first-order chi connectivity index (χ1) is 10.1. The lowest BCUT2D eigenvalue weighted by atomic mass is 10.1. The molecule has 0 radical (unpaired) electrons. The van der Waals surface area contributed by atoms with Crippen LogP contribution >= 0.6 is 0 Å². The van der Waals surface area contributed by atoms with Gasteiger partial charge in [-0.25, -0.2) is 0 Å². The quantitative estimate of drug-likeness (QED) is 0.505. The first kappa shape index (κ1) is 20.4. The number of alkyl halides is 3. The summed E-state index contributed by atoms with van der Waals surface area (Å²) in [6.45, 7) is 2.30. The summed E-state index contributed by atoms with van der Waals surface area (Å²) in [4.78, 5) is 11.0. The Morgan fingerprint density at radius 2 is 1.73 bits per heavy atom. The molecule has 0 heterocycles. The predicted molar refractivity (Wildman–Crippen MR) is 73.6 cm³/mol. The summed E-state index contributed by atoms with van der Waals surface area (Å²) < 4.78 is 62.4. The number of rotatable bonds is 5. The van der Waals surface area contributed by atoms with Crippen molar-refractivity contribution in [1.29, 1.82) is 0 Å². The average Bonchev–Trinajstić information content (AvgIpc) is 2.38. The van der Waals surface area contributed by atoms with Gasteiger partial charge in [0.25, 0.3) is 0 Å². The molecule has 0 bridgehead atoms. The Hall–Kier alpha value is -1.61. The second-order valence-corrected chi connectivity index (χ2v) is 5.48. The van der Waals surface area contributed by atoms with E-state index in [1.807, 2.05) is 25.1 Å². The monoisotopic (exact) mass is 342 g/mol. The van der Waals surface area contributed by atoms with E-state index in [0.717, 1.165) is 12.8 Å². The zero-order valence-corrected chi connectivity index (χ0v) is 12.7. The van der Waals surface area contributed by atoms with Gasteiger partial charge in [0.05, 0.1) is 6.61 Å². The van der Waals surface area contributed by atoms with Crippen molar-refractivity contribution in [3.63, 3.8) is 0 Å². The average molecular weight is 342 g/mol. The summed E-state index contributed by atoms with van der Waals surface area (Å²) in [6, 6.07) is 10.2. The molecule has 0 aliphatic heterocycles. The van der Waals surface area contributed by atoms with Crippen molar-refractivity contribution in [2.75, 3.05) is 6.61 Å². The summed E-state index contributed by atoms with van der Waals surface area (Å²) in [5, 5.41) is 0. The van der Waals surface area contributed by atoms with Gasteiger partial charge >= 0.3 is 21.6 Å². The van der Waals surface area contributed by atoms with Crippen molar-refractivity contribution in [2.45, 2.75) is 31.7 Å². The number of carbonyl (C=O) groups is 1. The molecule has 1 aromatic rings. The summed E-state index contributed by atoms with van der Waals surface area (Å²) >= 11 is 0. The largest absolute Gasteiger partial charge is 0.522 e. The number of halogens is 3. The van der Waals surface area contributed by atoms with Crippen molar-refractivity contribution in [3.05, 3.63) is 35.9 Å². The number of ether oxygens (including phenoxy) is 1. The molecule has 0 fully saturated rings. The molecule has 5 nitrogen and oxygen atoms in total. The summed E-state index contributed by atoms with van der Waals surface area (Å²) in [5.41, 5.74) is -4.26. The van der Waals surface area contributed by atoms with E-state index in [1.165, 1.54) is 5.56 Å². The van der Waals surface area contributed by atoms with E-state index in [-0.39, 0.29) is 5.97 Å². The fourth-order valence-corrected chi connectivity index (χ4v) is 1.31. The standard InChI is InChI=1S/C12H16O2.CHF3O3S/c1-2-14-12(13)10-6-9-11-7-4-3-5-8-11;2-1(3,4)8(5,6)7/h3-5,7-8H,2,6,9-10H2,1H3;(H,5,6,7). The highest BCUT2D eigenvalue weighted by Crippen LogP contribution is 2.20. The second-order valence-electron chi connectivity index (χ2n) is 4.06. The summed E-state index contributed by atoms with van der Waals surface area (Å²) in [5.74, 6) is -0.0940. The normalized spacial score (nSPS) is 11.3. The molecule has 1 rings (SSSR count). The van der Waals surface area contributed by atoms with Crippen molar-refractivity contribution in [1.82, 2.24) is 0 Å². The second kappa shape index (κ2) is 9.42. The molecular formula is C13H17F3O5S. The van der Waals surface area contributed by atoms with E-state index in [0.29, 0.717) is 13.0 Å². The van der Waals surface area contributed by atoms with Gasteiger partial charge in [-0.1, -0.05) is 30.3 Å². The van der Waals surface area contributed by atoms with Gasteiger partial charge in [0, 0.05) is 6.42 Å². The van der Waals surface area contributed by atoms with Gasteiger partial charge < -0.3 is 4.74 Å². The molecule has 1 aromatic carbocycles. The Kier molecular flexibility index (Phi) is 8.73. The van der Waals surface area contributed by atoms with E-state index >= 15 is 0 Å². The minimum Gasteiger partial charge on any atom is -0.466 e. The number of esters is 1. The first-order valence-corrected chi connectivity index (χ1v) is 7.75. The Morgan fingerprint density at radius 1 is 1.23 bits per heavy atom. The van der Waals surface area contributed by atoms with Crippen LogP contribution < -0.4 is 0 Å². The topological polar surface area (TPSA) is 80.7 Å². The molecule has 0 atom stereocenters. The third-order valence-electron chi connectivity index (χ3n) is 2.29. The molecule has 0 amide bonds. The molecule has 0 aromatic heterocycles. The van der Waals surface area contributed by atoms with Crippen LogP contribution in [0.25, 0.3) is 0 Å². The minimum atomic E-state index is -5.84.